The van der Waals surface area contributed by atoms with Crippen LogP contribution in [0, 0.1) is 0 Å². The summed E-state index contributed by atoms with van der Waals surface area (Å²) in [6.45, 7) is 2.85. The first-order chi connectivity index (χ1) is 12.2. The number of nitrogens with zero attached hydrogens (tertiary/aromatic N) is 1. The molecule has 1 saturated heterocycles. The molecule has 2 aromatic carbocycles. The monoisotopic (exact) mass is 340 g/mol. The second-order valence-corrected chi connectivity index (χ2v) is 6.11. The predicted octanol–water partition coefficient (Wildman–Crippen LogP) is 2.26. The molecule has 1 aliphatic rings. The number of para-hydroxylation sites is 1. The summed E-state index contributed by atoms with van der Waals surface area (Å²) in [4.78, 5) is 14.5. The first-order valence-corrected chi connectivity index (χ1v) is 8.56. The zero-order chi connectivity index (χ0) is 17.5. The molecule has 1 aliphatic heterocycles. The lowest BCUT2D eigenvalue weighted by Crippen LogP contribution is -2.47. The predicted molar refractivity (Wildman–Crippen MR) is 98.1 cm³/mol. The summed E-state index contributed by atoms with van der Waals surface area (Å²) in [6, 6.07) is 17.9. The van der Waals surface area contributed by atoms with Crippen LogP contribution < -0.4 is 15.0 Å². The summed E-state index contributed by atoms with van der Waals surface area (Å²) in [6.07, 6.45) is 0.343. The van der Waals surface area contributed by atoms with E-state index in [9.17, 15) is 4.79 Å². The number of methoxy groups -OCH3 is 1. The van der Waals surface area contributed by atoms with Crippen molar-refractivity contribution >= 4 is 11.6 Å². The smallest absolute Gasteiger partial charge is 0.224 e. The number of anilines is 1. The van der Waals surface area contributed by atoms with Crippen molar-refractivity contribution in [2.24, 2.45) is 0 Å². The van der Waals surface area contributed by atoms with Gasteiger partial charge in [-0.05, 0) is 29.8 Å². The van der Waals surface area contributed by atoms with Crippen LogP contribution in [0.2, 0.25) is 0 Å². The average molecular weight is 340 g/mol. The van der Waals surface area contributed by atoms with Crippen molar-refractivity contribution in [1.29, 1.82) is 0 Å². The molecular weight excluding hydrogens is 316 g/mol. The van der Waals surface area contributed by atoms with E-state index in [1.807, 2.05) is 42.5 Å². The van der Waals surface area contributed by atoms with Gasteiger partial charge in [0, 0.05) is 25.3 Å². The summed E-state index contributed by atoms with van der Waals surface area (Å²) < 4.78 is 11.0. The molecule has 0 aromatic heterocycles. The van der Waals surface area contributed by atoms with Crippen LogP contribution in [0.15, 0.2) is 54.6 Å². The Morgan fingerprint density at radius 3 is 2.88 bits per heavy atom. The molecule has 1 heterocycles. The van der Waals surface area contributed by atoms with E-state index in [0.717, 1.165) is 24.4 Å². The highest BCUT2D eigenvalue weighted by Crippen LogP contribution is 2.17. The van der Waals surface area contributed by atoms with E-state index in [0.29, 0.717) is 19.6 Å². The number of hydrogen-bond donors (Lipinski definition) is 1. The molecule has 0 spiro atoms. The van der Waals surface area contributed by atoms with E-state index in [1.165, 1.54) is 5.69 Å². The van der Waals surface area contributed by atoms with E-state index in [4.69, 9.17) is 9.47 Å². The third kappa shape index (κ3) is 4.97. The van der Waals surface area contributed by atoms with Gasteiger partial charge in [0.15, 0.2) is 0 Å². The fraction of sp³-hybridized carbons (Fsp3) is 0.350. The largest absolute Gasteiger partial charge is 0.497 e. The number of benzene rings is 2. The van der Waals surface area contributed by atoms with Crippen molar-refractivity contribution in [2.45, 2.75) is 12.5 Å². The number of hydrogen-bond acceptors (Lipinski definition) is 4. The van der Waals surface area contributed by atoms with Crippen LogP contribution in [-0.4, -0.2) is 45.4 Å². The number of morpholine rings is 1. The van der Waals surface area contributed by atoms with Crippen molar-refractivity contribution in [1.82, 2.24) is 5.32 Å². The Balaban J connectivity index is 1.48. The molecule has 25 heavy (non-hydrogen) atoms. The highest BCUT2D eigenvalue weighted by molar-refractivity contribution is 5.78. The normalized spacial score (nSPS) is 17.2. The van der Waals surface area contributed by atoms with Gasteiger partial charge in [-0.15, -0.1) is 0 Å². The van der Waals surface area contributed by atoms with Gasteiger partial charge in [-0.2, -0.15) is 0 Å². The molecule has 1 unspecified atom stereocenters. The van der Waals surface area contributed by atoms with Gasteiger partial charge in [-0.3, -0.25) is 4.79 Å². The van der Waals surface area contributed by atoms with E-state index >= 15 is 0 Å². The molecule has 0 bridgehead atoms. The highest BCUT2D eigenvalue weighted by Gasteiger charge is 2.21. The summed E-state index contributed by atoms with van der Waals surface area (Å²) in [5.74, 6) is 0.758. The van der Waals surface area contributed by atoms with E-state index < -0.39 is 0 Å². The molecule has 1 atom stereocenters. The zero-order valence-corrected chi connectivity index (χ0v) is 14.5. The minimum Gasteiger partial charge on any atom is -0.497 e. The molecule has 132 valence electrons. The molecule has 5 heteroatoms. The lowest BCUT2D eigenvalue weighted by atomic mass is 10.1. The minimum atomic E-state index is -0.00584. The molecular formula is C20H24N2O3. The average Bonchev–Trinajstić information content (AvgIpc) is 2.67. The third-order valence-corrected chi connectivity index (χ3v) is 4.29. The summed E-state index contributed by atoms with van der Waals surface area (Å²) in [7, 11) is 1.62. The van der Waals surface area contributed by atoms with Crippen LogP contribution in [-0.2, 0) is 16.0 Å². The number of carbonyl (C=O) groups excluding carboxylic acids is 1. The first-order valence-electron chi connectivity index (χ1n) is 8.56. The lowest BCUT2D eigenvalue weighted by molar-refractivity contribution is -0.121. The van der Waals surface area contributed by atoms with Gasteiger partial charge >= 0.3 is 0 Å². The zero-order valence-electron chi connectivity index (χ0n) is 14.5. The molecule has 0 saturated carbocycles. The maximum Gasteiger partial charge on any atom is 0.224 e. The van der Waals surface area contributed by atoms with Gasteiger partial charge in [-0.1, -0.05) is 30.3 Å². The Kier molecular flexibility index (Phi) is 5.90. The number of rotatable bonds is 6. The molecule has 3 rings (SSSR count). The number of nitrogens with one attached hydrogen (secondary N) is 1. The summed E-state index contributed by atoms with van der Waals surface area (Å²) in [5, 5.41) is 2.98. The van der Waals surface area contributed by atoms with Crippen LogP contribution >= 0.6 is 0 Å². The molecule has 2 aromatic rings. The molecule has 1 fully saturated rings. The second-order valence-electron chi connectivity index (χ2n) is 6.11. The number of carbonyl (C=O) groups is 1. The van der Waals surface area contributed by atoms with E-state index in [1.54, 1.807) is 7.11 Å². The standard InChI is InChI=1S/C20H24N2O3/c1-24-18-9-5-6-16(12-18)13-20(23)21-14-19-15-22(10-11-25-19)17-7-3-2-4-8-17/h2-9,12,19H,10-11,13-15H2,1H3,(H,21,23). The van der Waals surface area contributed by atoms with Crippen LogP contribution in [0.25, 0.3) is 0 Å². The molecule has 0 radical (unpaired) electrons. The highest BCUT2D eigenvalue weighted by atomic mass is 16.5. The summed E-state index contributed by atoms with van der Waals surface area (Å²) in [5.41, 5.74) is 2.13. The van der Waals surface area contributed by atoms with Gasteiger partial charge in [-0.25, -0.2) is 0 Å². The number of amides is 1. The molecule has 0 aliphatic carbocycles. The van der Waals surface area contributed by atoms with Gasteiger partial charge < -0.3 is 19.7 Å². The topological polar surface area (TPSA) is 50.8 Å². The maximum absolute atomic E-state index is 12.2. The minimum absolute atomic E-state index is 0.00298. The van der Waals surface area contributed by atoms with E-state index in [2.05, 4.69) is 22.3 Å². The fourth-order valence-corrected chi connectivity index (χ4v) is 2.97. The van der Waals surface area contributed by atoms with Crippen molar-refractivity contribution in [3.63, 3.8) is 0 Å². The summed E-state index contributed by atoms with van der Waals surface area (Å²) >= 11 is 0. The van der Waals surface area contributed by atoms with Gasteiger partial charge in [0.25, 0.3) is 0 Å². The van der Waals surface area contributed by atoms with Crippen molar-refractivity contribution < 1.29 is 14.3 Å². The van der Waals surface area contributed by atoms with Crippen LogP contribution in [0.3, 0.4) is 0 Å². The number of ether oxygens (including phenoxy) is 2. The fourth-order valence-electron chi connectivity index (χ4n) is 2.97. The van der Waals surface area contributed by atoms with Crippen LogP contribution in [0.4, 0.5) is 5.69 Å². The van der Waals surface area contributed by atoms with Gasteiger partial charge in [0.05, 0.1) is 26.2 Å². The Labute approximate surface area is 148 Å². The van der Waals surface area contributed by atoms with E-state index in [-0.39, 0.29) is 12.0 Å². The van der Waals surface area contributed by atoms with Crippen molar-refractivity contribution in [3.05, 3.63) is 60.2 Å². The quantitative estimate of drug-likeness (QED) is 0.876. The van der Waals surface area contributed by atoms with Crippen molar-refractivity contribution in [2.75, 3.05) is 38.3 Å². The Bertz CT molecular complexity index is 690. The SMILES string of the molecule is COc1cccc(CC(=O)NCC2CN(c3ccccc3)CCO2)c1. The molecule has 1 N–H and O–H groups in total. The second kappa shape index (κ2) is 8.53. The van der Waals surface area contributed by atoms with Crippen LogP contribution in [0.5, 0.6) is 5.75 Å². The first kappa shape index (κ1) is 17.3. The Morgan fingerprint density at radius 1 is 1.24 bits per heavy atom. The molecule has 1 amide bonds. The maximum atomic E-state index is 12.2. The van der Waals surface area contributed by atoms with Gasteiger partial charge in [0.2, 0.25) is 5.91 Å². The Morgan fingerprint density at radius 2 is 2.08 bits per heavy atom. The van der Waals surface area contributed by atoms with Crippen LogP contribution in [0.1, 0.15) is 5.56 Å². The lowest BCUT2D eigenvalue weighted by Gasteiger charge is -2.34. The third-order valence-electron chi connectivity index (χ3n) is 4.29. The van der Waals surface area contributed by atoms with Gasteiger partial charge in [0.1, 0.15) is 5.75 Å². The van der Waals surface area contributed by atoms with Crippen molar-refractivity contribution in [3.8, 4) is 5.75 Å². The molecule has 5 nitrogen and oxygen atoms in total. The Hall–Kier alpha value is -2.53.